The van der Waals surface area contributed by atoms with E-state index in [0.29, 0.717) is 6.42 Å². The highest BCUT2D eigenvalue weighted by Gasteiger charge is 2.20. The summed E-state index contributed by atoms with van der Waals surface area (Å²) in [6.07, 6.45) is 3.18. The molecule has 1 saturated heterocycles. The lowest BCUT2D eigenvalue weighted by Gasteiger charge is -2.15. The highest BCUT2D eigenvalue weighted by atomic mass is 16.2. The van der Waals surface area contributed by atoms with Gasteiger partial charge in [0.2, 0.25) is 0 Å². The Balaban J connectivity index is 1.94. The quantitative estimate of drug-likeness (QED) is 0.838. The molecule has 2 heteroatoms. The standard InChI is InChI=1S/C17H23NO/c1-2-15-9-10-18(13-15)14-17-8-5-7-16(12-17)6-3-4-11-19/h5,7-8,12,15,19H,2,4,9-11,13-14H2,1H3. The Labute approximate surface area is 116 Å². The molecule has 1 aromatic carbocycles. The fourth-order valence-corrected chi connectivity index (χ4v) is 2.62. The van der Waals surface area contributed by atoms with Gasteiger partial charge in [-0.1, -0.05) is 37.3 Å². The van der Waals surface area contributed by atoms with Crippen LogP contribution in [0.25, 0.3) is 0 Å². The molecule has 1 heterocycles. The van der Waals surface area contributed by atoms with E-state index in [1.165, 1.54) is 31.5 Å². The number of nitrogens with zero attached hydrogens (tertiary/aromatic N) is 1. The van der Waals surface area contributed by atoms with E-state index in [-0.39, 0.29) is 6.61 Å². The van der Waals surface area contributed by atoms with Crippen LogP contribution in [0, 0.1) is 17.8 Å². The van der Waals surface area contributed by atoms with Gasteiger partial charge in [-0.15, -0.1) is 0 Å². The van der Waals surface area contributed by atoms with Gasteiger partial charge in [0.25, 0.3) is 0 Å². The maximum absolute atomic E-state index is 8.73. The van der Waals surface area contributed by atoms with E-state index < -0.39 is 0 Å². The van der Waals surface area contributed by atoms with Gasteiger partial charge in [0, 0.05) is 25.1 Å². The molecule has 1 fully saturated rings. The van der Waals surface area contributed by atoms with E-state index in [4.69, 9.17) is 5.11 Å². The van der Waals surface area contributed by atoms with Gasteiger partial charge in [-0.05, 0) is 36.6 Å². The summed E-state index contributed by atoms with van der Waals surface area (Å²) < 4.78 is 0. The van der Waals surface area contributed by atoms with Crippen molar-refractivity contribution < 1.29 is 5.11 Å². The van der Waals surface area contributed by atoms with Crippen LogP contribution in [0.3, 0.4) is 0 Å². The number of hydrogen-bond acceptors (Lipinski definition) is 2. The summed E-state index contributed by atoms with van der Waals surface area (Å²) in [5.74, 6) is 6.96. The van der Waals surface area contributed by atoms with Crippen molar-refractivity contribution in [3.8, 4) is 11.8 Å². The number of rotatable bonds is 4. The summed E-state index contributed by atoms with van der Waals surface area (Å²) in [5.41, 5.74) is 2.39. The third-order valence-electron chi connectivity index (χ3n) is 3.75. The molecule has 0 amide bonds. The molecular formula is C17H23NO. The zero-order valence-corrected chi connectivity index (χ0v) is 11.7. The monoisotopic (exact) mass is 257 g/mol. The summed E-state index contributed by atoms with van der Waals surface area (Å²) in [6.45, 7) is 5.91. The Morgan fingerprint density at radius 2 is 2.32 bits per heavy atom. The summed E-state index contributed by atoms with van der Waals surface area (Å²) in [5, 5.41) is 8.73. The van der Waals surface area contributed by atoms with E-state index in [9.17, 15) is 0 Å². The van der Waals surface area contributed by atoms with Crippen LogP contribution in [0.4, 0.5) is 0 Å². The molecule has 1 N–H and O–H groups in total. The SMILES string of the molecule is CCC1CCN(Cc2cccc(C#CCCO)c2)C1. The highest BCUT2D eigenvalue weighted by Crippen LogP contribution is 2.21. The van der Waals surface area contributed by atoms with Gasteiger partial charge in [0.05, 0.1) is 6.61 Å². The van der Waals surface area contributed by atoms with Crippen LogP contribution in [0.2, 0.25) is 0 Å². The lowest BCUT2D eigenvalue weighted by Crippen LogP contribution is -2.19. The van der Waals surface area contributed by atoms with Crippen LogP contribution in [0.1, 0.15) is 37.3 Å². The van der Waals surface area contributed by atoms with Crippen LogP contribution in [-0.4, -0.2) is 29.7 Å². The Morgan fingerprint density at radius 1 is 1.42 bits per heavy atom. The minimum Gasteiger partial charge on any atom is -0.395 e. The normalized spacial score (nSPS) is 19.2. The second kappa shape index (κ2) is 7.33. The zero-order valence-electron chi connectivity index (χ0n) is 11.7. The summed E-state index contributed by atoms with van der Waals surface area (Å²) >= 11 is 0. The largest absolute Gasteiger partial charge is 0.395 e. The summed E-state index contributed by atoms with van der Waals surface area (Å²) in [4.78, 5) is 2.54. The Bertz CT molecular complexity index is 458. The molecule has 0 aromatic heterocycles. The van der Waals surface area contributed by atoms with Gasteiger partial charge in [-0.3, -0.25) is 4.90 Å². The van der Waals surface area contributed by atoms with E-state index in [1.807, 2.05) is 6.07 Å². The van der Waals surface area contributed by atoms with E-state index in [0.717, 1.165) is 18.0 Å². The molecule has 1 aliphatic rings. The van der Waals surface area contributed by atoms with Crippen molar-refractivity contribution in [3.63, 3.8) is 0 Å². The zero-order chi connectivity index (χ0) is 13.5. The van der Waals surface area contributed by atoms with Gasteiger partial charge in [0.15, 0.2) is 0 Å². The predicted molar refractivity (Wildman–Crippen MR) is 78.7 cm³/mol. The van der Waals surface area contributed by atoms with Crippen LogP contribution in [-0.2, 0) is 6.54 Å². The van der Waals surface area contributed by atoms with Gasteiger partial charge in [-0.2, -0.15) is 0 Å². The number of aliphatic hydroxyl groups is 1. The molecule has 19 heavy (non-hydrogen) atoms. The maximum atomic E-state index is 8.73. The highest BCUT2D eigenvalue weighted by molar-refractivity contribution is 5.37. The number of benzene rings is 1. The van der Waals surface area contributed by atoms with Crippen molar-refractivity contribution >= 4 is 0 Å². The topological polar surface area (TPSA) is 23.5 Å². The molecule has 0 spiro atoms. The van der Waals surface area contributed by atoms with Gasteiger partial charge in [0.1, 0.15) is 0 Å². The van der Waals surface area contributed by atoms with E-state index >= 15 is 0 Å². The minimum atomic E-state index is 0.138. The summed E-state index contributed by atoms with van der Waals surface area (Å²) in [7, 11) is 0. The van der Waals surface area contributed by atoms with Crippen molar-refractivity contribution in [1.29, 1.82) is 0 Å². The van der Waals surface area contributed by atoms with Crippen molar-refractivity contribution in [2.45, 2.75) is 32.7 Å². The number of likely N-dealkylation sites (tertiary alicyclic amines) is 1. The molecule has 1 unspecified atom stereocenters. The Hall–Kier alpha value is -1.30. The first-order valence-electron chi connectivity index (χ1n) is 7.23. The molecule has 0 bridgehead atoms. The lowest BCUT2D eigenvalue weighted by atomic mass is 10.1. The van der Waals surface area contributed by atoms with E-state index in [2.05, 4.69) is 41.9 Å². The first-order valence-corrected chi connectivity index (χ1v) is 7.23. The average Bonchev–Trinajstić information content (AvgIpc) is 2.87. The Kier molecular flexibility index (Phi) is 5.44. The Morgan fingerprint density at radius 3 is 3.05 bits per heavy atom. The van der Waals surface area contributed by atoms with Crippen LogP contribution < -0.4 is 0 Å². The molecule has 1 aliphatic heterocycles. The second-order valence-corrected chi connectivity index (χ2v) is 5.27. The maximum Gasteiger partial charge on any atom is 0.0540 e. The first kappa shape index (κ1) is 14.1. The van der Waals surface area contributed by atoms with Crippen molar-refractivity contribution in [2.75, 3.05) is 19.7 Å². The van der Waals surface area contributed by atoms with Crippen LogP contribution in [0.5, 0.6) is 0 Å². The van der Waals surface area contributed by atoms with Crippen molar-refractivity contribution in [2.24, 2.45) is 5.92 Å². The molecule has 102 valence electrons. The van der Waals surface area contributed by atoms with Gasteiger partial charge in [-0.25, -0.2) is 0 Å². The second-order valence-electron chi connectivity index (χ2n) is 5.27. The number of hydrogen-bond donors (Lipinski definition) is 1. The fourth-order valence-electron chi connectivity index (χ4n) is 2.62. The molecule has 2 nitrogen and oxygen atoms in total. The third-order valence-corrected chi connectivity index (χ3v) is 3.75. The molecule has 0 saturated carbocycles. The summed E-state index contributed by atoms with van der Waals surface area (Å²) in [6, 6.07) is 8.46. The average molecular weight is 257 g/mol. The molecule has 1 aromatic rings. The van der Waals surface area contributed by atoms with E-state index in [1.54, 1.807) is 0 Å². The van der Waals surface area contributed by atoms with Gasteiger partial charge >= 0.3 is 0 Å². The molecule has 0 aliphatic carbocycles. The van der Waals surface area contributed by atoms with Crippen LogP contribution in [0.15, 0.2) is 24.3 Å². The molecule has 0 radical (unpaired) electrons. The fraction of sp³-hybridized carbons (Fsp3) is 0.529. The molecular weight excluding hydrogens is 234 g/mol. The minimum absolute atomic E-state index is 0.138. The van der Waals surface area contributed by atoms with Gasteiger partial charge < -0.3 is 5.11 Å². The van der Waals surface area contributed by atoms with Crippen molar-refractivity contribution in [3.05, 3.63) is 35.4 Å². The van der Waals surface area contributed by atoms with Crippen LogP contribution >= 0.6 is 0 Å². The first-order chi connectivity index (χ1) is 9.31. The smallest absolute Gasteiger partial charge is 0.0540 e. The van der Waals surface area contributed by atoms with Crippen molar-refractivity contribution in [1.82, 2.24) is 4.90 Å². The number of aliphatic hydroxyl groups excluding tert-OH is 1. The molecule has 2 rings (SSSR count). The third kappa shape index (κ3) is 4.38. The lowest BCUT2D eigenvalue weighted by molar-refractivity contribution is 0.305. The molecule has 1 atom stereocenters. The predicted octanol–water partition coefficient (Wildman–Crippen LogP) is 2.65.